The Balaban J connectivity index is 2.13. The van der Waals surface area contributed by atoms with Gasteiger partial charge in [-0.05, 0) is 38.1 Å². The molecule has 23 heavy (non-hydrogen) atoms. The fourth-order valence-corrected chi connectivity index (χ4v) is 3.33. The third kappa shape index (κ3) is 4.18. The van der Waals surface area contributed by atoms with Gasteiger partial charge in [0.15, 0.2) is 0 Å². The lowest BCUT2D eigenvalue weighted by Gasteiger charge is -2.22. The maximum absolute atomic E-state index is 12.4. The minimum absolute atomic E-state index is 0.144. The van der Waals surface area contributed by atoms with Crippen LogP contribution in [-0.4, -0.2) is 27.4 Å². The summed E-state index contributed by atoms with van der Waals surface area (Å²) in [5, 5.41) is 0. The van der Waals surface area contributed by atoms with Crippen LogP contribution in [0.15, 0.2) is 59.5 Å². The topological polar surface area (TPSA) is 66.5 Å². The van der Waals surface area contributed by atoms with Gasteiger partial charge in [0.1, 0.15) is 0 Å². The number of nitrogens with one attached hydrogen (secondary N) is 1. The molecule has 0 aliphatic rings. The number of nitrogens with zero attached hydrogens (tertiary/aromatic N) is 1. The number of benzene rings is 2. The highest BCUT2D eigenvalue weighted by atomic mass is 32.2. The second-order valence-corrected chi connectivity index (χ2v) is 7.10. The molecule has 2 aromatic carbocycles. The molecule has 0 aliphatic heterocycles. The predicted molar refractivity (Wildman–Crippen MR) is 90.8 cm³/mol. The molecule has 0 aliphatic carbocycles. The Hall–Kier alpha value is -2.18. The van der Waals surface area contributed by atoms with Crippen LogP contribution in [0.5, 0.6) is 0 Å². The molecule has 0 radical (unpaired) electrons. The van der Waals surface area contributed by atoms with E-state index in [1.807, 2.05) is 25.1 Å². The van der Waals surface area contributed by atoms with E-state index in [0.717, 1.165) is 5.56 Å². The highest BCUT2D eigenvalue weighted by Crippen LogP contribution is 2.14. The van der Waals surface area contributed by atoms with Crippen molar-refractivity contribution in [1.82, 2.24) is 4.72 Å². The fourth-order valence-electron chi connectivity index (χ4n) is 2.14. The summed E-state index contributed by atoms with van der Waals surface area (Å²) in [4.78, 5) is 14.0. The Morgan fingerprint density at radius 2 is 1.61 bits per heavy atom. The number of rotatable bonds is 5. The molecule has 0 heterocycles. The molecule has 0 aromatic heterocycles. The molecule has 5 nitrogen and oxygen atoms in total. The van der Waals surface area contributed by atoms with Crippen LogP contribution in [0, 0.1) is 6.92 Å². The van der Waals surface area contributed by atoms with Crippen molar-refractivity contribution in [2.45, 2.75) is 24.8 Å². The van der Waals surface area contributed by atoms with Gasteiger partial charge in [-0.1, -0.05) is 35.9 Å². The molecule has 6 heteroatoms. The molecule has 0 unspecified atom stereocenters. The first-order chi connectivity index (χ1) is 10.8. The minimum Gasteiger partial charge on any atom is -0.314 e. The van der Waals surface area contributed by atoms with Gasteiger partial charge in [-0.25, -0.2) is 8.42 Å². The highest BCUT2D eigenvalue weighted by molar-refractivity contribution is 7.89. The zero-order valence-electron chi connectivity index (χ0n) is 13.4. The van der Waals surface area contributed by atoms with Crippen LogP contribution in [0.1, 0.15) is 12.5 Å². The molecule has 0 bridgehead atoms. The maximum atomic E-state index is 12.4. The van der Waals surface area contributed by atoms with Crippen molar-refractivity contribution in [3.8, 4) is 0 Å². The maximum Gasteiger partial charge on any atom is 0.244 e. The fraction of sp³-hybridized carbons (Fsp3) is 0.235. The molecular weight excluding hydrogens is 312 g/mol. The van der Waals surface area contributed by atoms with Gasteiger partial charge in [0, 0.05) is 12.7 Å². The van der Waals surface area contributed by atoms with Crippen molar-refractivity contribution >= 4 is 21.6 Å². The van der Waals surface area contributed by atoms with Crippen LogP contribution in [0.2, 0.25) is 0 Å². The second kappa shape index (κ2) is 6.93. The second-order valence-electron chi connectivity index (χ2n) is 5.39. The van der Waals surface area contributed by atoms with E-state index >= 15 is 0 Å². The van der Waals surface area contributed by atoms with E-state index in [4.69, 9.17) is 0 Å². The van der Waals surface area contributed by atoms with Gasteiger partial charge in [0.2, 0.25) is 15.9 Å². The van der Waals surface area contributed by atoms with E-state index in [0.29, 0.717) is 5.69 Å². The lowest BCUT2D eigenvalue weighted by Crippen LogP contribution is -2.45. The molecule has 0 saturated heterocycles. The Kier molecular flexibility index (Phi) is 5.18. The number of anilines is 1. The molecule has 0 saturated carbocycles. The van der Waals surface area contributed by atoms with Crippen molar-refractivity contribution < 1.29 is 13.2 Å². The number of amides is 1. The van der Waals surface area contributed by atoms with E-state index in [2.05, 4.69) is 4.72 Å². The summed E-state index contributed by atoms with van der Waals surface area (Å²) in [5.74, 6) is -0.327. The summed E-state index contributed by atoms with van der Waals surface area (Å²) < 4.78 is 27.1. The highest BCUT2D eigenvalue weighted by Gasteiger charge is 2.24. The Morgan fingerprint density at radius 1 is 1.04 bits per heavy atom. The standard InChI is InChI=1S/C17H20N2O3S/c1-13-9-11-16(12-10-13)23(21,22)18-14(2)17(20)19(3)15-7-5-4-6-8-15/h4-12,14,18H,1-3H3/t14-/m0/s1. The van der Waals surface area contributed by atoms with E-state index in [1.165, 1.54) is 24.0 Å². The van der Waals surface area contributed by atoms with Gasteiger partial charge in [-0.2, -0.15) is 4.72 Å². The number of para-hydroxylation sites is 1. The van der Waals surface area contributed by atoms with Crippen molar-refractivity contribution in [2.24, 2.45) is 0 Å². The number of aryl methyl sites for hydroxylation is 1. The molecule has 1 atom stereocenters. The van der Waals surface area contributed by atoms with Crippen LogP contribution in [0.4, 0.5) is 5.69 Å². The number of likely N-dealkylation sites (N-methyl/N-ethyl adjacent to an activating group) is 1. The van der Waals surface area contributed by atoms with Crippen molar-refractivity contribution in [1.29, 1.82) is 0 Å². The van der Waals surface area contributed by atoms with Crippen LogP contribution in [-0.2, 0) is 14.8 Å². The zero-order valence-corrected chi connectivity index (χ0v) is 14.2. The van der Waals surface area contributed by atoms with Crippen molar-refractivity contribution in [3.05, 3.63) is 60.2 Å². The van der Waals surface area contributed by atoms with Gasteiger partial charge in [0.05, 0.1) is 10.9 Å². The Labute approximate surface area is 137 Å². The quantitative estimate of drug-likeness (QED) is 0.914. The lowest BCUT2D eigenvalue weighted by atomic mass is 10.2. The van der Waals surface area contributed by atoms with E-state index < -0.39 is 16.1 Å². The van der Waals surface area contributed by atoms with Crippen LogP contribution < -0.4 is 9.62 Å². The summed E-state index contributed by atoms with van der Waals surface area (Å²) in [6.07, 6.45) is 0. The van der Waals surface area contributed by atoms with Crippen molar-refractivity contribution in [2.75, 3.05) is 11.9 Å². The number of carbonyl (C=O) groups is 1. The van der Waals surface area contributed by atoms with Gasteiger partial charge in [-0.15, -0.1) is 0 Å². The van der Waals surface area contributed by atoms with Gasteiger partial charge >= 0.3 is 0 Å². The molecule has 1 amide bonds. The molecule has 122 valence electrons. The molecule has 0 fully saturated rings. The third-order valence-corrected chi connectivity index (χ3v) is 5.06. The number of hydrogen-bond donors (Lipinski definition) is 1. The van der Waals surface area contributed by atoms with Gasteiger partial charge in [0.25, 0.3) is 0 Å². The van der Waals surface area contributed by atoms with Crippen molar-refractivity contribution in [3.63, 3.8) is 0 Å². The summed E-state index contributed by atoms with van der Waals surface area (Å²) in [7, 11) is -2.12. The molecule has 2 aromatic rings. The first-order valence-corrected chi connectivity index (χ1v) is 8.71. The zero-order chi connectivity index (χ0) is 17.0. The largest absolute Gasteiger partial charge is 0.314 e. The molecule has 1 N–H and O–H groups in total. The summed E-state index contributed by atoms with van der Waals surface area (Å²) in [6.45, 7) is 3.41. The van der Waals surface area contributed by atoms with E-state index in [9.17, 15) is 13.2 Å². The van der Waals surface area contributed by atoms with Gasteiger partial charge < -0.3 is 4.90 Å². The lowest BCUT2D eigenvalue weighted by molar-refractivity contribution is -0.119. The first-order valence-electron chi connectivity index (χ1n) is 7.23. The molecular formula is C17H20N2O3S. The van der Waals surface area contributed by atoms with Crippen LogP contribution >= 0.6 is 0 Å². The minimum atomic E-state index is -3.73. The summed E-state index contributed by atoms with van der Waals surface area (Å²) in [6, 6.07) is 14.7. The Morgan fingerprint density at radius 3 is 2.17 bits per heavy atom. The SMILES string of the molecule is Cc1ccc(S(=O)(=O)N[C@@H](C)C(=O)N(C)c2ccccc2)cc1. The number of carbonyl (C=O) groups excluding carboxylic acids is 1. The Bertz CT molecular complexity index is 771. The normalized spacial score (nSPS) is 12.7. The van der Waals surface area contributed by atoms with Crippen LogP contribution in [0.25, 0.3) is 0 Å². The average molecular weight is 332 g/mol. The van der Waals surface area contributed by atoms with Gasteiger partial charge in [-0.3, -0.25) is 4.79 Å². The summed E-state index contributed by atoms with van der Waals surface area (Å²) >= 11 is 0. The monoisotopic (exact) mass is 332 g/mol. The number of hydrogen-bond acceptors (Lipinski definition) is 3. The first kappa shape index (κ1) is 17.2. The summed E-state index contributed by atoms with van der Waals surface area (Å²) in [5.41, 5.74) is 1.68. The smallest absolute Gasteiger partial charge is 0.244 e. The van der Waals surface area contributed by atoms with E-state index in [-0.39, 0.29) is 10.8 Å². The average Bonchev–Trinajstić information content (AvgIpc) is 2.54. The van der Waals surface area contributed by atoms with E-state index in [1.54, 1.807) is 31.3 Å². The molecule has 2 rings (SSSR count). The number of sulfonamides is 1. The predicted octanol–water partition coefficient (Wildman–Crippen LogP) is 2.32. The van der Waals surface area contributed by atoms with Crippen LogP contribution in [0.3, 0.4) is 0 Å². The molecule has 0 spiro atoms. The third-order valence-electron chi connectivity index (χ3n) is 3.51.